The average molecular weight is 401 g/mol. The molecule has 1 amide bonds. The van der Waals surface area contributed by atoms with Gasteiger partial charge in [-0.25, -0.2) is 4.99 Å². The fraction of sp³-hybridized carbons (Fsp3) is 0.476. The number of aliphatic imine (C=N–C) groups is 1. The Morgan fingerprint density at radius 1 is 1.24 bits per heavy atom. The molecule has 158 valence electrons. The highest BCUT2D eigenvalue weighted by Gasteiger charge is 2.06. The molecular formula is C21H32N6O2. The van der Waals surface area contributed by atoms with Gasteiger partial charge in [-0.2, -0.15) is 5.10 Å². The first-order valence-corrected chi connectivity index (χ1v) is 9.90. The van der Waals surface area contributed by atoms with Crippen LogP contribution in [0, 0.1) is 13.8 Å². The van der Waals surface area contributed by atoms with E-state index in [9.17, 15) is 4.79 Å². The maximum Gasteiger partial charge on any atom is 0.221 e. The molecule has 29 heavy (non-hydrogen) atoms. The molecule has 0 aliphatic carbocycles. The first-order chi connectivity index (χ1) is 13.9. The fourth-order valence-corrected chi connectivity index (χ4v) is 2.99. The summed E-state index contributed by atoms with van der Waals surface area (Å²) in [5.74, 6) is 1.25. The Kier molecular flexibility index (Phi) is 8.51. The van der Waals surface area contributed by atoms with E-state index < -0.39 is 0 Å². The van der Waals surface area contributed by atoms with E-state index in [0.29, 0.717) is 18.0 Å². The first kappa shape index (κ1) is 22.3. The van der Waals surface area contributed by atoms with Crippen molar-refractivity contribution in [3.8, 4) is 5.75 Å². The van der Waals surface area contributed by atoms with Crippen LogP contribution in [0.2, 0.25) is 0 Å². The summed E-state index contributed by atoms with van der Waals surface area (Å²) in [5, 5.41) is 13.9. The van der Waals surface area contributed by atoms with Crippen molar-refractivity contribution in [3.05, 3.63) is 41.2 Å². The maximum atomic E-state index is 11.4. The monoisotopic (exact) mass is 400 g/mol. The number of carbonyl (C=O) groups excluding carboxylic acids is 1. The van der Waals surface area contributed by atoms with E-state index in [-0.39, 0.29) is 5.91 Å². The minimum atomic E-state index is -0.137. The Balaban J connectivity index is 1.94. The standard InChI is InChI=1S/C21H32N6O2/c1-6-22-21(23-10-7-11-27-16(3)12-15(2)26-27)24-14-18-8-9-20(29-5)19(13-18)25-17(4)28/h8-9,12-13H,6-7,10-11,14H2,1-5H3,(H,25,28)(H2,22,23,24). The summed E-state index contributed by atoms with van der Waals surface area (Å²) in [6, 6.07) is 7.75. The third kappa shape index (κ3) is 7.14. The van der Waals surface area contributed by atoms with Crippen LogP contribution in [-0.4, -0.2) is 41.8 Å². The molecule has 2 rings (SSSR count). The van der Waals surface area contributed by atoms with Crippen LogP contribution in [0.3, 0.4) is 0 Å². The number of nitrogens with one attached hydrogen (secondary N) is 3. The Bertz CT molecular complexity index is 844. The average Bonchev–Trinajstić information content (AvgIpc) is 3.00. The molecule has 0 bridgehead atoms. The minimum absolute atomic E-state index is 0.137. The third-order valence-electron chi connectivity index (χ3n) is 4.28. The predicted octanol–water partition coefficient (Wildman–Crippen LogP) is 2.61. The lowest BCUT2D eigenvalue weighted by atomic mass is 10.2. The van der Waals surface area contributed by atoms with Gasteiger partial charge in [-0.15, -0.1) is 0 Å². The lowest BCUT2D eigenvalue weighted by Crippen LogP contribution is -2.38. The summed E-state index contributed by atoms with van der Waals surface area (Å²) >= 11 is 0. The Morgan fingerprint density at radius 2 is 2.03 bits per heavy atom. The lowest BCUT2D eigenvalue weighted by molar-refractivity contribution is -0.114. The number of rotatable bonds is 9. The molecule has 0 radical (unpaired) electrons. The van der Waals surface area contributed by atoms with Crippen molar-refractivity contribution in [2.45, 2.75) is 47.2 Å². The smallest absolute Gasteiger partial charge is 0.221 e. The largest absolute Gasteiger partial charge is 0.495 e. The van der Waals surface area contributed by atoms with Crippen molar-refractivity contribution in [2.75, 3.05) is 25.5 Å². The van der Waals surface area contributed by atoms with Gasteiger partial charge in [0.1, 0.15) is 5.75 Å². The molecule has 0 saturated carbocycles. The second-order valence-electron chi connectivity index (χ2n) is 6.84. The van der Waals surface area contributed by atoms with Crippen LogP contribution in [0.4, 0.5) is 5.69 Å². The van der Waals surface area contributed by atoms with Gasteiger partial charge in [0.2, 0.25) is 5.91 Å². The van der Waals surface area contributed by atoms with Crippen LogP contribution in [0.5, 0.6) is 5.75 Å². The molecule has 1 aromatic heterocycles. The summed E-state index contributed by atoms with van der Waals surface area (Å²) in [5.41, 5.74) is 3.85. The van der Waals surface area contributed by atoms with Crippen LogP contribution >= 0.6 is 0 Å². The van der Waals surface area contributed by atoms with Crippen molar-refractivity contribution in [3.63, 3.8) is 0 Å². The Morgan fingerprint density at radius 3 is 2.66 bits per heavy atom. The van der Waals surface area contributed by atoms with Gasteiger partial charge < -0.3 is 20.7 Å². The van der Waals surface area contributed by atoms with Crippen molar-refractivity contribution >= 4 is 17.6 Å². The first-order valence-electron chi connectivity index (χ1n) is 9.90. The molecule has 0 spiro atoms. The number of ether oxygens (including phenoxy) is 1. The fourth-order valence-electron chi connectivity index (χ4n) is 2.99. The van der Waals surface area contributed by atoms with E-state index in [1.807, 2.05) is 36.7 Å². The van der Waals surface area contributed by atoms with Crippen molar-refractivity contribution < 1.29 is 9.53 Å². The number of aryl methyl sites for hydroxylation is 3. The second-order valence-corrected chi connectivity index (χ2v) is 6.84. The topological polar surface area (TPSA) is 92.6 Å². The van der Waals surface area contributed by atoms with Gasteiger partial charge in [-0.1, -0.05) is 6.07 Å². The molecule has 8 nitrogen and oxygen atoms in total. The summed E-state index contributed by atoms with van der Waals surface area (Å²) < 4.78 is 7.32. The zero-order valence-corrected chi connectivity index (χ0v) is 18.0. The number of carbonyl (C=O) groups is 1. The van der Waals surface area contributed by atoms with Crippen LogP contribution in [0.1, 0.15) is 37.2 Å². The number of hydrogen-bond donors (Lipinski definition) is 3. The summed E-state index contributed by atoms with van der Waals surface area (Å²) in [7, 11) is 1.58. The van der Waals surface area contributed by atoms with Gasteiger partial charge in [0.05, 0.1) is 25.0 Å². The molecule has 1 aromatic carbocycles. The van der Waals surface area contributed by atoms with Gasteiger partial charge in [-0.05, 0) is 51.0 Å². The molecule has 3 N–H and O–H groups in total. The number of nitrogens with zero attached hydrogens (tertiary/aromatic N) is 3. The molecule has 0 aliphatic rings. The summed E-state index contributed by atoms with van der Waals surface area (Å²) in [6.45, 7) is 10.5. The highest BCUT2D eigenvalue weighted by atomic mass is 16.5. The molecule has 8 heteroatoms. The normalized spacial score (nSPS) is 11.3. The van der Waals surface area contributed by atoms with Crippen molar-refractivity contribution in [1.29, 1.82) is 0 Å². The minimum Gasteiger partial charge on any atom is -0.495 e. The van der Waals surface area contributed by atoms with Gasteiger partial charge in [-0.3, -0.25) is 9.48 Å². The van der Waals surface area contributed by atoms with E-state index in [0.717, 1.165) is 43.3 Å². The van der Waals surface area contributed by atoms with E-state index in [4.69, 9.17) is 4.74 Å². The molecule has 0 unspecified atom stereocenters. The number of aromatic nitrogens is 2. The van der Waals surface area contributed by atoms with Gasteiger partial charge in [0, 0.05) is 32.3 Å². The quantitative estimate of drug-likeness (QED) is 0.342. The molecule has 0 atom stereocenters. The number of benzene rings is 1. The Hall–Kier alpha value is -3.03. The number of amides is 1. The number of anilines is 1. The third-order valence-corrected chi connectivity index (χ3v) is 4.28. The van der Waals surface area contributed by atoms with Crippen LogP contribution in [0.15, 0.2) is 29.3 Å². The van der Waals surface area contributed by atoms with E-state index >= 15 is 0 Å². The highest BCUT2D eigenvalue weighted by molar-refractivity contribution is 5.90. The molecule has 0 saturated heterocycles. The highest BCUT2D eigenvalue weighted by Crippen LogP contribution is 2.25. The molecule has 1 heterocycles. The van der Waals surface area contributed by atoms with Gasteiger partial charge >= 0.3 is 0 Å². The summed E-state index contributed by atoms with van der Waals surface area (Å²) in [4.78, 5) is 16.0. The molecule has 2 aromatic rings. The number of methoxy groups -OCH3 is 1. The van der Waals surface area contributed by atoms with Crippen LogP contribution in [0.25, 0.3) is 0 Å². The van der Waals surface area contributed by atoms with E-state index in [1.165, 1.54) is 12.6 Å². The zero-order chi connectivity index (χ0) is 21.2. The molecular weight excluding hydrogens is 368 g/mol. The maximum absolute atomic E-state index is 11.4. The lowest BCUT2D eigenvalue weighted by Gasteiger charge is -2.13. The van der Waals surface area contributed by atoms with Crippen LogP contribution < -0.4 is 20.7 Å². The van der Waals surface area contributed by atoms with Crippen LogP contribution in [-0.2, 0) is 17.9 Å². The zero-order valence-electron chi connectivity index (χ0n) is 18.0. The van der Waals surface area contributed by atoms with Crippen molar-refractivity contribution in [1.82, 2.24) is 20.4 Å². The van der Waals surface area contributed by atoms with E-state index in [2.05, 4.69) is 39.0 Å². The van der Waals surface area contributed by atoms with Gasteiger partial charge in [0.15, 0.2) is 5.96 Å². The van der Waals surface area contributed by atoms with E-state index in [1.54, 1.807) is 7.11 Å². The van der Waals surface area contributed by atoms with Gasteiger partial charge in [0.25, 0.3) is 0 Å². The number of hydrogen-bond acceptors (Lipinski definition) is 4. The number of guanidine groups is 1. The molecule has 0 fully saturated rings. The van der Waals surface area contributed by atoms with Crippen molar-refractivity contribution in [2.24, 2.45) is 4.99 Å². The Labute approximate surface area is 172 Å². The molecule has 0 aliphatic heterocycles. The second kappa shape index (κ2) is 11.1. The SMILES string of the molecule is CCNC(=NCc1ccc(OC)c(NC(C)=O)c1)NCCCn1nc(C)cc1C. The summed E-state index contributed by atoms with van der Waals surface area (Å²) in [6.07, 6.45) is 0.946. The predicted molar refractivity (Wildman–Crippen MR) is 116 cm³/mol.